The van der Waals surface area contributed by atoms with Gasteiger partial charge in [-0.1, -0.05) is 0 Å². The molecule has 7 heteroatoms. The lowest BCUT2D eigenvalue weighted by atomic mass is 9.89. The van der Waals surface area contributed by atoms with Crippen molar-refractivity contribution in [2.24, 2.45) is 11.1 Å². The van der Waals surface area contributed by atoms with Crippen LogP contribution in [0.4, 0.5) is 4.79 Å². The van der Waals surface area contributed by atoms with Crippen LogP contribution in [0.2, 0.25) is 0 Å². The van der Waals surface area contributed by atoms with Crippen molar-refractivity contribution in [3.05, 3.63) is 0 Å². The Hall–Kier alpha value is -1.79. The number of carboxylic acid groups (broad SMARTS) is 1. The molecular formula is C12H19N3O4. The van der Waals surface area contributed by atoms with Crippen LogP contribution in [0, 0.1) is 5.41 Å². The first-order chi connectivity index (χ1) is 8.83. The van der Waals surface area contributed by atoms with Gasteiger partial charge < -0.3 is 20.6 Å². The van der Waals surface area contributed by atoms with Crippen molar-refractivity contribution >= 4 is 17.9 Å². The van der Waals surface area contributed by atoms with E-state index in [1.165, 1.54) is 9.80 Å². The van der Waals surface area contributed by atoms with Crippen LogP contribution in [0.1, 0.15) is 26.2 Å². The molecule has 1 saturated heterocycles. The predicted octanol–water partition coefficient (Wildman–Crippen LogP) is -0.147. The summed E-state index contributed by atoms with van der Waals surface area (Å²) in [6.45, 7) is 2.17. The number of nitrogens with two attached hydrogens (primary N) is 1. The molecule has 3 N–H and O–H groups in total. The van der Waals surface area contributed by atoms with Gasteiger partial charge in [0, 0.05) is 19.1 Å². The molecule has 0 aromatic heterocycles. The molecule has 2 fully saturated rings. The van der Waals surface area contributed by atoms with Crippen molar-refractivity contribution in [2.45, 2.75) is 32.2 Å². The second kappa shape index (κ2) is 4.71. The summed E-state index contributed by atoms with van der Waals surface area (Å²) in [6.07, 6.45) is 2.22. The zero-order valence-electron chi connectivity index (χ0n) is 11.0. The Labute approximate surface area is 111 Å². The Kier molecular flexibility index (Phi) is 3.38. The lowest BCUT2D eigenvalue weighted by Gasteiger charge is -2.28. The Balaban J connectivity index is 2.03. The van der Waals surface area contributed by atoms with E-state index in [9.17, 15) is 14.4 Å². The van der Waals surface area contributed by atoms with Crippen molar-refractivity contribution in [3.8, 4) is 0 Å². The molecular weight excluding hydrogens is 250 g/mol. The largest absolute Gasteiger partial charge is 0.480 e. The zero-order valence-corrected chi connectivity index (χ0v) is 11.0. The fourth-order valence-corrected chi connectivity index (χ4v) is 2.39. The van der Waals surface area contributed by atoms with Gasteiger partial charge >= 0.3 is 12.0 Å². The third-order valence-electron chi connectivity index (χ3n) is 3.88. The van der Waals surface area contributed by atoms with Crippen LogP contribution in [-0.4, -0.2) is 58.5 Å². The summed E-state index contributed by atoms with van der Waals surface area (Å²) in [5.41, 5.74) is 4.64. The molecule has 0 aromatic carbocycles. The number of nitrogens with zero attached hydrogens (tertiary/aromatic N) is 2. The van der Waals surface area contributed by atoms with Gasteiger partial charge in [-0.25, -0.2) is 4.79 Å². The Morgan fingerprint density at radius 1 is 1.42 bits per heavy atom. The molecule has 7 nitrogen and oxygen atoms in total. The number of hydrogen-bond acceptors (Lipinski definition) is 3. The van der Waals surface area contributed by atoms with Crippen LogP contribution in [0.5, 0.6) is 0 Å². The Morgan fingerprint density at radius 3 is 2.47 bits per heavy atom. The van der Waals surface area contributed by atoms with Crippen LogP contribution >= 0.6 is 0 Å². The number of carboxylic acids is 1. The van der Waals surface area contributed by atoms with Gasteiger partial charge in [0.1, 0.15) is 6.54 Å². The van der Waals surface area contributed by atoms with E-state index in [-0.39, 0.29) is 25.2 Å². The number of urea groups is 1. The Bertz CT molecular complexity index is 421. The molecule has 1 unspecified atom stereocenters. The van der Waals surface area contributed by atoms with Gasteiger partial charge in [-0.15, -0.1) is 0 Å². The predicted molar refractivity (Wildman–Crippen MR) is 66.3 cm³/mol. The topological polar surface area (TPSA) is 104 Å². The van der Waals surface area contributed by atoms with Crippen LogP contribution in [-0.2, 0) is 9.59 Å². The highest BCUT2D eigenvalue weighted by Gasteiger charge is 2.44. The zero-order chi connectivity index (χ0) is 14.2. The molecule has 0 spiro atoms. The molecule has 0 aromatic rings. The molecule has 106 valence electrons. The summed E-state index contributed by atoms with van der Waals surface area (Å²) in [7, 11) is 0. The van der Waals surface area contributed by atoms with Gasteiger partial charge in [-0.2, -0.15) is 0 Å². The number of aliphatic carboxylic acids is 1. The van der Waals surface area contributed by atoms with Gasteiger partial charge in [0.2, 0.25) is 5.91 Å². The maximum Gasteiger partial charge on any atom is 0.323 e. The van der Waals surface area contributed by atoms with Crippen molar-refractivity contribution in [2.75, 3.05) is 19.6 Å². The molecule has 0 radical (unpaired) electrons. The minimum atomic E-state index is -1.02. The first kappa shape index (κ1) is 13.6. The van der Waals surface area contributed by atoms with Gasteiger partial charge in [-0.05, 0) is 26.2 Å². The number of hydrogen-bond donors (Lipinski definition) is 2. The molecule has 1 aliphatic carbocycles. The smallest absolute Gasteiger partial charge is 0.323 e. The van der Waals surface area contributed by atoms with Crippen molar-refractivity contribution in [3.63, 3.8) is 0 Å². The van der Waals surface area contributed by atoms with Gasteiger partial charge in [-0.3, -0.25) is 9.59 Å². The molecule has 1 atom stereocenters. The highest BCUT2D eigenvalue weighted by molar-refractivity contribution is 5.84. The monoisotopic (exact) mass is 269 g/mol. The van der Waals surface area contributed by atoms with E-state index in [0.29, 0.717) is 13.0 Å². The third-order valence-corrected chi connectivity index (χ3v) is 3.88. The highest BCUT2D eigenvalue weighted by atomic mass is 16.4. The van der Waals surface area contributed by atoms with Crippen LogP contribution in [0.15, 0.2) is 0 Å². The lowest BCUT2D eigenvalue weighted by molar-refractivity contribution is -0.138. The van der Waals surface area contributed by atoms with E-state index in [0.717, 1.165) is 12.8 Å². The molecule has 19 heavy (non-hydrogen) atoms. The standard InChI is InChI=1S/C12H19N3O4/c1-12(10(13)18)4-5-14(7-12)11(19)15(6-9(16)17)8-2-3-8/h8H,2-7H2,1H3,(H2,13,18)(H,16,17). The minimum Gasteiger partial charge on any atom is -0.480 e. The number of carbonyl (C=O) groups excluding carboxylic acids is 2. The molecule has 2 aliphatic rings. The fourth-order valence-electron chi connectivity index (χ4n) is 2.39. The average Bonchev–Trinajstić information content (AvgIpc) is 3.08. The number of carbonyl (C=O) groups is 3. The van der Waals surface area contributed by atoms with E-state index in [1.807, 2.05) is 0 Å². The van der Waals surface area contributed by atoms with Gasteiger partial charge in [0.15, 0.2) is 0 Å². The second-order valence-corrected chi connectivity index (χ2v) is 5.63. The molecule has 1 aliphatic heterocycles. The number of primary amides is 1. The number of rotatable bonds is 4. The van der Waals surface area contributed by atoms with E-state index in [2.05, 4.69) is 0 Å². The summed E-state index contributed by atoms with van der Waals surface area (Å²) >= 11 is 0. The van der Waals surface area contributed by atoms with E-state index < -0.39 is 17.3 Å². The fraction of sp³-hybridized carbons (Fsp3) is 0.750. The summed E-state index contributed by atoms with van der Waals surface area (Å²) in [5.74, 6) is -1.43. The second-order valence-electron chi connectivity index (χ2n) is 5.63. The number of amides is 3. The number of likely N-dealkylation sites (tertiary alicyclic amines) is 1. The van der Waals surface area contributed by atoms with Crippen molar-refractivity contribution < 1.29 is 19.5 Å². The van der Waals surface area contributed by atoms with Crippen LogP contribution in [0.3, 0.4) is 0 Å². The molecule has 3 amide bonds. The van der Waals surface area contributed by atoms with E-state index in [1.54, 1.807) is 6.92 Å². The van der Waals surface area contributed by atoms with Crippen molar-refractivity contribution in [1.82, 2.24) is 9.80 Å². The summed E-state index contributed by atoms with van der Waals surface area (Å²) in [6, 6.07) is -0.265. The Morgan fingerprint density at radius 2 is 2.05 bits per heavy atom. The third kappa shape index (κ3) is 2.80. The molecule has 1 saturated carbocycles. The molecule has 0 bridgehead atoms. The first-order valence-corrected chi connectivity index (χ1v) is 6.41. The average molecular weight is 269 g/mol. The quantitative estimate of drug-likeness (QED) is 0.740. The maximum absolute atomic E-state index is 12.3. The minimum absolute atomic E-state index is 0.0315. The van der Waals surface area contributed by atoms with Gasteiger partial charge in [0.05, 0.1) is 5.41 Å². The van der Waals surface area contributed by atoms with Crippen LogP contribution < -0.4 is 5.73 Å². The summed E-state index contributed by atoms with van der Waals surface area (Å²) in [5, 5.41) is 8.86. The van der Waals surface area contributed by atoms with Crippen molar-refractivity contribution in [1.29, 1.82) is 0 Å². The SMILES string of the molecule is CC1(C(N)=O)CCN(C(=O)N(CC(=O)O)C2CC2)C1. The van der Waals surface area contributed by atoms with Gasteiger partial charge in [0.25, 0.3) is 0 Å². The summed E-state index contributed by atoms with van der Waals surface area (Å²) < 4.78 is 0. The van der Waals surface area contributed by atoms with E-state index >= 15 is 0 Å². The maximum atomic E-state index is 12.3. The summed E-state index contributed by atoms with van der Waals surface area (Å²) in [4.78, 5) is 37.4. The first-order valence-electron chi connectivity index (χ1n) is 6.41. The normalized spacial score (nSPS) is 26.3. The molecule has 2 rings (SSSR count). The molecule has 1 heterocycles. The van der Waals surface area contributed by atoms with E-state index in [4.69, 9.17) is 10.8 Å². The lowest BCUT2D eigenvalue weighted by Crippen LogP contribution is -2.47. The van der Waals surface area contributed by atoms with Crippen LogP contribution in [0.25, 0.3) is 0 Å². The highest BCUT2D eigenvalue weighted by Crippen LogP contribution is 2.33.